The Morgan fingerprint density at radius 2 is 1.82 bits per heavy atom. The van der Waals surface area contributed by atoms with Crippen LogP contribution in [0.15, 0.2) is 36.4 Å². The van der Waals surface area contributed by atoms with E-state index < -0.39 is 0 Å². The number of hydrogen-bond donors (Lipinski definition) is 1. The first kappa shape index (κ1) is 10.6. The highest BCUT2D eigenvalue weighted by Gasteiger charge is 2.07. The van der Waals surface area contributed by atoms with Crippen molar-refractivity contribution in [3.05, 3.63) is 46.8 Å². The third-order valence-corrected chi connectivity index (χ3v) is 2.84. The van der Waals surface area contributed by atoms with Gasteiger partial charge in [-0.2, -0.15) is 0 Å². The highest BCUT2D eigenvalue weighted by atomic mass is 35.5. The highest BCUT2D eigenvalue weighted by Crippen LogP contribution is 2.24. The molecule has 0 fully saturated rings. The molecule has 0 bridgehead atoms. The van der Waals surface area contributed by atoms with Crippen LogP contribution in [0.25, 0.3) is 22.3 Å². The van der Waals surface area contributed by atoms with E-state index in [2.05, 4.69) is 15.0 Å². The second-order valence-electron chi connectivity index (χ2n) is 3.62. The molecule has 0 atom stereocenters. The molecule has 1 aromatic carbocycles. The van der Waals surface area contributed by atoms with Gasteiger partial charge in [0.05, 0.1) is 11.4 Å². The first-order valence-electron chi connectivity index (χ1n) is 5.00. The fourth-order valence-corrected chi connectivity index (χ4v) is 2.15. The van der Waals surface area contributed by atoms with Crippen molar-refractivity contribution in [1.29, 1.82) is 0 Å². The number of rotatable bonds is 1. The number of nitrogens with one attached hydrogen (secondary N) is 1. The van der Waals surface area contributed by atoms with Crippen molar-refractivity contribution < 1.29 is 0 Å². The number of nitrogens with zero attached hydrogens (tertiary/aromatic N) is 2. The van der Waals surface area contributed by atoms with Gasteiger partial charge >= 0.3 is 0 Å². The molecule has 17 heavy (non-hydrogen) atoms. The molecule has 2 heterocycles. The maximum atomic E-state index is 5.85. The Hall–Kier alpha value is -1.58. The quantitative estimate of drug-likeness (QED) is 0.534. The summed E-state index contributed by atoms with van der Waals surface area (Å²) >= 11 is 11.6. The monoisotopic (exact) mass is 263 g/mol. The van der Waals surface area contributed by atoms with E-state index in [1.807, 2.05) is 30.3 Å². The van der Waals surface area contributed by atoms with Crippen LogP contribution in [0.4, 0.5) is 0 Å². The van der Waals surface area contributed by atoms with E-state index in [9.17, 15) is 0 Å². The Balaban J connectivity index is 2.20. The fourth-order valence-electron chi connectivity index (χ4n) is 1.74. The molecule has 0 saturated carbocycles. The number of para-hydroxylation sites is 1. The molecule has 0 radical (unpaired) electrons. The zero-order valence-corrected chi connectivity index (χ0v) is 10.1. The number of hydrogen-bond acceptors (Lipinski definition) is 2. The minimum Gasteiger partial charge on any atom is -0.353 e. The molecule has 0 spiro atoms. The van der Waals surface area contributed by atoms with Crippen molar-refractivity contribution in [3.63, 3.8) is 0 Å². The predicted molar refractivity (Wildman–Crippen MR) is 69.3 cm³/mol. The number of benzene rings is 1. The predicted octanol–water partition coefficient (Wildman–Crippen LogP) is 3.93. The van der Waals surface area contributed by atoms with Crippen molar-refractivity contribution >= 4 is 34.1 Å². The molecule has 5 heteroatoms. The summed E-state index contributed by atoms with van der Waals surface area (Å²) in [6.07, 6.45) is 0. The molecule has 3 rings (SSSR count). The summed E-state index contributed by atoms with van der Waals surface area (Å²) in [5, 5.41) is 1.60. The van der Waals surface area contributed by atoms with E-state index in [4.69, 9.17) is 23.2 Å². The zero-order valence-electron chi connectivity index (χ0n) is 8.61. The number of aromatic nitrogens is 3. The van der Waals surface area contributed by atoms with E-state index in [1.54, 1.807) is 6.07 Å². The van der Waals surface area contributed by atoms with E-state index in [0.717, 1.165) is 16.6 Å². The van der Waals surface area contributed by atoms with Gasteiger partial charge in [-0.15, -0.1) is 0 Å². The number of fused-ring (bicyclic) bond motifs is 1. The van der Waals surface area contributed by atoms with Crippen LogP contribution >= 0.6 is 23.2 Å². The lowest BCUT2D eigenvalue weighted by atomic mass is 10.2. The average molecular weight is 264 g/mol. The number of aromatic amines is 1. The Morgan fingerprint density at radius 1 is 1.00 bits per heavy atom. The van der Waals surface area contributed by atoms with E-state index >= 15 is 0 Å². The molecule has 0 aliphatic carbocycles. The third kappa shape index (κ3) is 1.99. The van der Waals surface area contributed by atoms with Crippen LogP contribution in [-0.4, -0.2) is 15.0 Å². The molecule has 0 saturated heterocycles. The molecule has 0 aliphatic rings. The first-order chi connectivity index (χ1) is 8.22. The minimum atomic E-state index is 0.145. The first-order valence-corrected chi connectivity index (χ1v) is 5.76. The van der Waals surface area contributed by atoms with Crippen LogP contribution in [-0.2, 0) is 0 Å². The lowest BCUT2D eigenvalue weighted by Gasteiger charge is -1.98. The van der Waals surface area contributed by atoms with Crippen molar-refractivity contribution in [2.75, 3.05) is 0 Å². The lowest BCUT2D eigenvalue weighted by molar-refractivity contribution is 1.16. The number of H-pyrrole nitrogens is 1. The molecule has 3 aromatic rings. The minimum absolute atomic E-state index is 0.145. The summed E-state index contributed by atoms with van der Waals surface area (Å²) in [6, 6.07) is 11.7. The van der Waals surface area contributed by atoms with E-state index in [0.29, 0.717) is 10.8 Å². The van der Waals surface area contributed by atoms with Gasteiger partial charge in [0.15, 0.2) is 0 Å². The molecule has 1 N–H and O–H groups in total. The summed E-state index contributed by atoms with van der Waals surface area (Å²) in [5.74, 6) is 0. The zero-order chi connectivity index (χ0) is 11.8. The molecule has 84 valence electrons. The van der Waals surface area contributed by atoms with Crippen LogP contribution in [0, 0.1) is 0 Å². The Labute approximate surface area is 107 Å². The summed E-state index contributed by atoms with van der Waals surface area (Å²) < 4.78 is 0. The van der Waals surface area contributed by atoms with Crippen LogP contribution in [0.2, 0.25) is 10.4 Å². The Bertz CT molecular complexity index is 638. The van der Waals surface area contributed by atoms with Gasteiger partial charge in [-0.1, -0.05) is 29.8 Å². The molecule has 0 amide bonds. The van der Waals surface area contributed by atoms with Crippen molar-refractivity contribution in [1.82, 2.24) is 15.0 Å². The smallest absolute Gasteiger partial charge is 0.224 e. The fraction of sp³-hybridized carbons (Fsp3) is 0. The number of halogens is 2. The van der Waals surface area contributed by atoms with Gasteiger partial charge in [0.25, 0.3) is 0 Å². The van der Waals surface area contributed by atoms with Gasteiger partial charge in [0, 0.05) is 17.0 Å². The second-order valence-corrected chi connectivity index (χ2v) is 4.34. The van der Waals surface area contributed by atoms with E-state index in [1.165, 1.54) is 0 Å². The summed E-state index contributed by atoms with van der Waals surface area (Å²) in [5.41, 5.74) is 2.61. The van der Waals surface area contributed by atoms with Crippen molar-refractivity contribution in [2.24, 2.45) is 0 Å². The van der Waals surface area contributed by atoms with Gasteiger partial charge < -0.3 is 4.98 Å². The average Bonchev–Trinajstić information content (AvgIpc) is 2.71. The molecular weight excluding hydrogens is 257 g/mol. The van der Waals surface area contributed by atoms with Gasteiger partial charge in [-0.25, -0.2) is 9.97 Å². The molecule has 2 aromatic heterocycles. The van der Waals surface area contributed by atoms with Gasteiger partial charge in [0.1, 0.15) is 5.15 Å². The van der Waals surface area contributed by atoms with Gasteiger partial charge in [0.2, 0.25) is 5.28 Å². The Morgan fingerprint density at radius 3 is 2.59 bits per heavy atom. The summed E-state index contributed by atoms with van der Waals surface area (Å²) in [4.78, 5) is 11.2. The molecule has 0 aliphatic heterocycles. The standard InChI is InChI=1S/C12H7Cl2N3/c13-11-6-10(16-12(14)17-11)9-5-7-3-1-2-4-8(7)15-9/h1-6,15H. The van der Waals surface area contributed by atoms with Crippen LogP contribution in [0.1, 0.15) is 0 Å². The summed E-state index contributed by atoms with van der Waals surface area (Å²) in [7, 11) is 0. The molecule has 3 nitrogen and oxygen atoms in total. The maximum absolute atomic E-state index is 5.85. The van der Waals surface area contributed by atoms with Crippen LogP contribution in [0.5, 0.6) is 0 Å². The van der Waals surface area contributed by atoms with Crippen molar-refractivity contribution in [3.8, 4) is 11.4 Å². The van der Waals surface area contributed by atoms with Crippen molar-refractivity contribution in [2.45, 2.75) is 0 Å². The van der Waals surface area contributed by atoms with Gasteiger partial charge in [-0.05, 0) is 23.7 Å². The SMILES string of the molecule is Clc1cc(-c2cc3ccccc3[nH]2)nc(Cl)n1. The maximum Gasteiger partial charge on any atom is 0.224 e. The molecular formula is C12H7Cl2N3. The normalized spacial score (nSPS) is 10.9. The van der Waals surface area contributed by atoms with Crippen LogP contribution in [0.3, 0.4) is 0 Å². The van der Waals surface area contributed by atoms with E-state index in [-0.39, 0.29) is 5.28 Å². The largest absolute Gasteiger partial charge is 0.353 e. The van der Waals surface area contributed by atoms with Crippen LogP contribution < -0.4 is 0 Å². The Kier molecular flexibility index (Phi) is 2.50. The van der Waals surface area contributed by atoms with Gasteiger partial charge in [-0.3, -0.25) is 0 Å². The molecule has 0 unspecified atom stereocenters. The summed E-state index contributed by atoms with van der Waals surface area (Å²) in [6.45, 7) is 0. The lowest BCUT2D eigenvalue weighted by Crippen LogP contribution is -1.88. The highest BCUT2D eigenvalue weighted by molar-refractivity contribution is 6.32. The second kappa shape index (κ2) is 4.02. The topological polar surface area (TPSA) is 41.6 Å². The third-order valence-electron chi connectivity index (χ3n) is 2.47.